The second-order valence-electron chi connectivity index (χ2n) is 6.69. The summed E-state index contributed by atoms with van der Waals surface area (Å²) in [4.78, 5) is 15.5. The molecule has 0 aliphatic heterocycles. The number of pyridine rings is 2. The monoisotopic (exact) mass is 418 g/mol. The normalized spacial score (nSPS) is 13.2. The maximum Gasteiger partial charge on any atom is 0.188 e. The molecule has 1 aliphatic carbocycles. The van der Waals surface area contributed by atoms with Gasteiger partial charge in [0.15, 0.2) is 16.7 Å². The van der Waals surface area contributed by atoms with E-state index in [9.17, 15) is 0 Å². The fraction of sp³-hybridized carbons (Fsp3) is 0.136. The van der Waals surface area contributed by atoms with Crippen LogP contribution in [-0.4, -0.2) is 15.0 Å². The zero-order valence-corrected chi connectivity index (χ0v) is 17.1. The van der Waals surface area contributed by atoms with Gasteiger partial charge in [0, 0.05) is 45.7 Å². The molecule has 0 saturated heterocycles. The van der Waals surface area contributed by atoms with E-state index >= 15 is 0 Å². The van der Waals surface area contributed by atoms with Crippen molar-refractivity contribution in [3.8, 4) is 11.5 Å². The highest BCUT2D eigenvalue weighted by atomic mass is 32.2. The van der Waals surface area contributed by atoms with Gasteiger partial charge in [-0.2, -0.15) is 0 Å². The molecule has 1 fully saturated rings. The fourth-order valence-corrected chi connectivity index (χ4v) is 4.42. The number of nitrogens with one attached hydrogen (secondary N) is 1. The summed E-state index contributed by atoms with van der Waals surface area (Å²) in [6, 6.07) is 15.7. The van der Waals surface area contributed by atoms with E-state index in [1.807, 2.05) is 54.7 Å². The minimum absolute atomic E-state index is 0.633. The Kier molecular flexibility index (Phi) is 5.15. The van der Waals surface area contributed by atoms with E-state index < -0.39 is 0 Å². The molecule has 7 heteroatoms. The Hall–Kier alpha value is -2.90. The molecule has 0 unspecified atom stereocenters. The van der Waals surface area contributed by atoms with Crippen molar-refractivity contribution in [2.24, 2.45) is 0 Å². The van der Waals surface area contributed by atoms with Gasteiger partial charge in [-0.25, -0.2) is 9.97 Å². The number of hydrogen-bond donors (Lipinski definition) is 1. The van der Waals surface area contributed by atoms with Gasteiger partial charge in [0.25, 0.3) is 0 Å². The molecule has 1 aliphatic rings. The minimum Gasteiger partial charge on any atom is -0.453 e. The van der Waals surface area contributed by atoms with Crippen molar-refractivity contribution in [1.82, 2.24) is 15.0 Å². The first-order chi connectivity index (χ1) is 14.3. The number of aromatic nitrogens is 3. The number of anilines is 2. The molecule has 1 N–H and O–H groups in total. The lowest BCUT2D eigenvalue weighted by Crippen LogP contribution is -1.98. The molecule has 0 atom stereocenters. The molecule has 3 heterocycles. The molecule has 0 bridgehead atoms. The molecule has 3 aromatic heterocycles. The second kappa shape index (κ2) is 8.23. The molecule has 4 aromatic rings. The molecule has 0 radical (unpaired) electrons. The maximum atomic E-state index is 6.15. The van der Waals surface area contributed by atoms with Crippen LogP contribution < -0.4 is 10.1 Å². The van der Waals surface area contributed by atoms with E-state index in [4.69, 9.17) is 9.72 Å². The number of thiazole rings is 1. The first-order valence-corrected chi connectivity index (χ1v) is 11.1. The number of ether oxygens (including phenoxy) is 1. The Morgan fingerprint density at radius 3 is 2.66 bits per heavy atom. The van der Waals surface area contributed by atoms with Crippen LogP contribution in [-0.2, 0) is 0 Å². The van der Waals surface area contributed by atoms with Crippen molar-refractivity contribution >= 4 is 34.0 Å². The first-order valence-electron chi connectivity index (χ1n) is 9.37. The number of para-hydroxylation sites is 1. The van der Waals surface area contributed by atoms with E-state index in [0.29, 0.717) is 17.5 Å². The number of nitrogens with zero attached hydrogens (tertiary/aromatic N) is 3. The maximum absolute atomic E-state index is 6.15. The van der Waals surface area contributed by atoms with Crippen LogP contribution >= 0.6 is 23.1 Å². The Balaban J connectivity index is 1.43. The van der Waals surface area contributed by atoms with Gasteiger partial charge in [-0.05, 0) is 37.1 Å². The van der Waals surface area contributed by atoms with Crippen LogP contribution in [0.4, 0.5) is 10.9 Å². The molecule has 1 aromatic carbocycles. The highest BCUT2D eigenvalue weighted by Gasteiger charge is 2.26. The summed E-state index contributed by atoms with van der Waals surface area (Å²) in [6.45, 7) is 0. The van der Waals surface area contributed by atoms with Gasteiger partial charge in [-0.1, -0.05) is 30.0 Å². The van der Waals surface area contributed by atoms with Gasteiger partial charge in [0.05, 0.1) is 5.69 Å². The lowest BCUT2D eigenvalue weighted by Gasteiger charge is -2.12. The van der Waals surface area contributed by atoms with Gasteiger partial charge >= 0.3 is 0 Å². The zero-order chi connectivity index (χ0) is 19.5. The van der Waals surface area contributed by atoms with Crippen LogP contribution in [0.5, 0.6) is 11.5 Å². The Morgan fingerprint density at radius 1 is 1.03 bits per heavy atom. The van der Waals surface area contributed by atoms with E-state index in [2.05, 4.69) is 20.7 Å². The average Bonchev–Trinajstić information content (AvgIpc) is 3.50. The van der Waals surface area contributed by atoms with Crippen LogP contribution in [0.15, 0.2) is 82.3 Å². The van der Waals surface area contributed by atoms with E-state index in [1.165, 1.54) is 18.5 Å². The quantitative estimate of drug-likeness (QED) is 0.370. The van der Waals surface area contributed by atoms with Crippen LogP contribution in [0.2, 0.25) is 0 Å². The largest absolute Gasteiger partial charge is 0.453 e. The van der Waals surface area contributed by atoms with Crippen molar-refractivity contribution in [1.29, 1.82) is 0 Å². The van der Waals surface area contributed by atoms with Gasteiger partial charge < -0.3 is 10.1 Å². The van der Waals surface area contributed by atoms with Gasteiger partial charge in [-0.3, -0.25) is 4.98 Å². The number of rotatable bonds is 7. The van der Waals surface area contributed by atoms with Crippen LogP contribution in [0.3, 0.4) is 0 Å². The summed E-state index contributed by atoms with van der Waals surface area (Å²) in [5, 5.41) is 6.31. The molecular weight excluding hydrogens is 400 g/mol. The van der Waals surface area contributed by atoms with Crippen LogP contribution in [0.25, 0.3) is 0 Å². The van der Waals surface area contributed by atoms with Gasteiger partial charge in [0.2, 0.25) is 0 Å². The molecule has 1 saturated carbocycles. The minimum atomic E-state index is 0.633. The molecule has 29 heavy (non-hydrogen) atoms. The highest BCUT2D eigenvalue weighted by molar-refractivity contribution is 7.99. The fourth-order valence-electron chi connectivity index (χ4n) is 2.82. The third-order valence-corrected chi connectivity index (χ3v) is 6.17. The summed E-state index contributed by atoms with van der Waals surface area (Å²) >= 11 is 3.22. The number of benzene rings is 1. The molecule has 144 valence electrons. The standard InChI is InChI=1S/C22H18N4OS2/c1-2-4-16(5-3-1)27-20-12-18(29-17-8-10-23-11-9-17)13-24-21(20)26-22-25-19(14-28-22)15-6-7-15/h1-5,8-15H,6-7H2,(H,24,25,26). The predicted molar refractivity (Wildman–Crippen MR) is 116 cm³/mol. The summed E-state index contributed by atoms with van der Waals surface area (Å²) in [7, 11) is 0. The predicted octanol–water partition coefficient (Wildman–Crippen LogP) is 6.50. The molecular formula is C22H18N4OS2. The zero-order valence-electron chi connectivity index (χ0n) is 15.5. The number of hydrogen-bond acceptors (Lipinski definition) is 7. The first kappa shape index (κ1) is 18.1. The van der Waals surface area contributed by atoms with Crippen molar-refractivity contribution in [2.45, 2.75) is 28.6 Å². The summed E-state index contributed by atoms with van der Waals surface area (Å²) < 4.78 is 6.15. The smallest absolute Gasteiger partial charge is 0.188 e. The van der Waals surface area contributed by atoms with Gasteiger partial charge in [-0.15, -0.1) is 11.3 Å². The Morgan fingerprint density at radius 2 is 1.86 bits per heavy atom. The van der Waals surface area contributed by atoms with Gasteiger partial charge in [0.1, 0.15) is 5.75 Å². The Labute approximate surface area is 177 Å². The van der Waals surface area contributed by atoms with E-state index in [1.54, 1.807) is 35.5 Å². The molecule has 5 nitrogen and oxygen atoms in total. The van der Waals surface area contributed by atoms with Crippen molar-refractivity contribution < 1.29 is 4.74 Å². The van der Waals surface area contributed by atoms with Crippen molar-refractivity contribution in [3.63, 3.8) is 0 Å². The third kappa shape index (κ3) is 4.58. The SMILES string of the molecule is c1ccc(Oc2cc(Sc3ccncc3)cnc2Nc2nc(C3CC3)cs2)cc1. The third-order valence-electron chi connectivity index (χ3n) is 4.43. The van der Waals surface area contributed by atoms with Crippen LogP contribution in [0, 0.1) is 0 Å². The Bertz CT molecular complexity index is 1100. The lowest BCUT2D eigenvalue weighted by molar-refractivity contribution is 0.481. The van der Waals surface area contributed by atoms with Crippen molar-refractivity contribution in [2.75, 3.05) is 5.32 Å². The summed E-state index contributed by atoms with van der Waals surface area (Å²) in [6.07, 6.45) is 7.90. The topological polar surface area (TPSA) is 59.9 Å². The summed E-state index contributed by atoms with van der Waals surface area (Å²) in [5.41, 5.74) is 1.17. The molecule has 0 spiro atoms. The van der Waals surface area contributed by atoms with E-state index in [0.717, 1.165) is 20.7 Å². The highest BCUT2D eigenvalue weighted by Crippen LogP contribution is 2.42. The second-order valence-corrected chi connectivity index (χ2v) is 8.70. The van der Waals surface area contributed by atoms with Crippen molar-refractivity contribution in [3.05, 3.63) is 78.2 Å². The summed E-state index contributed by atoms with van der Waals surface area (Å²) in [5.74, 6) is 2.72. The average molecular weight is 419 g/mol. The van der Waals surface area contributed by atoms with Crippen LogP contribution in [0.1, 0.15) is 24.5 Å². The van der Waals surface area contributed by atoms with E-state index in [-0.39, 0.29) is 0 Å². The lowest BCUT2D eigenvalue weighted by atomic mass is 10.3. The molecule has 0 amide bonds. The molecule has 5 rings (SSSR count).